The van der Waals surface area contributed by atoms with Crippen LogP contribution in [-0.4, -0.2) is 58.7 Å². The molecule has 0 amide bonds. The minimum absolute atomic E-state index is 0.307. The number of carboxylic acid groups (broad SMARTS) is 2. The van der Waals surface area contributed by atoms with Crippen molar-refractivity contribution in [3.8, 4) is 0 Å². The van der Waals surface area contributed by atoms with Gasteiger partial charge in [0.15, 0.2) is 0 Å². The Bertz CT molecular complexity index is 412. The van der Waals surface area contributed by atoms with Crippen molar-refractivity contribution in [1.82, 2.24) is 0 Å². The van der Waals surface area contributed by atoms with Crippen LogP contribution in [0.2, 0.25) is 0 Å². The van der Waals surface area contributed by atoms with Crippen LogP contribution in [0.4, 0.5) is 0 Å². The first kappa shape index (κ1) is 34.6. The summed E-state index contributed by atoms with van der Waals surface area (Å²) >= 11 is -0.851. The van der Waals surface area contributed by atoms with Crippen LogP contribution in [0.5, 0.6) is 0 Å². The van der Waals surface area contributed by atoms with E-state index in [1.807, 2.05) is 13.8 Å². The zero-order valence-corrected chi connectivity index (χ0v) is 22.8. The van der Waals surface area contributed by atoms with Crippen molar-refractivity contribution < 1.29 is 35.5 Å². The first-order chi connectivity index (χ1) is 14.6. The molecule has 31 heavy (non-hydrogen) atoms. The SMILES string of the molecule is CCCCC(C(C)=O)C(=O)[O-].CCCCC(C(C)=O)C(=O)[O-].CCC[O][Sn+2][O]CCC. The van der Waals surface area contributed by atoms with Gasteiger partial charge in [0.05, 0.1) is 23.8 Å². The summed E-state index contributed by atoms with van der Waals surface area (Å²) in [5, 5.41) is 20.6. The summed E-state index contributed by atoms with van der Waals surface area (Å²) in [7, 11) is 0. The molecular weight excluding hydrogens is 511 g/mol. The van der Waals surface area contributed by atoms with E-state index in [-0.39, 0.29) is 11.6 Å². The summed E-state index contributed by atoms with van der Waals surface area (Å²) in [5.41, 5.74) is 0. The fourth-order valence-electron chi connectivity index (χ4n) is 2.12. The Morgan fingerprint density at radius 3 is 1.19 bits per heavy atom. The van der Waals surface area contributed by atoms with Crippen molar-refractivity contribution in [2.45, 2.75) is 92.9 Å². The van der Waals surface area contributed by atoms with Gasteiger partial charge in [-0.05, 0) is 26.7 Å². The molecule has 0 aliphatic rings. The predicted octanol–water partition coefficient (Wildman–Crippen LogP) is 1.64. The van der Waals surface area contributed by atoms with Gasteiger partial charge in [0.25, 0.3) is 0 Å². The third-order valence-corrected chi connectivity index (χ3v) is 5.81. The summed E-state index contributed by atoms with van der Waals surface area (Å²) in [4.78, 5) is 42.0. The number of hydrogen-bond donors (Lipinski definition) is 0. The second-order valence-electron chi connectivity index (χ2n) is 7.03. The molecule has 0 rings (SSSR count). The fourth-order valence-corrected chi connectivity index (χ4v) is 4.00. The van der Waals surface area contributed by atoms with E-state index in [9.17, 15) is 29.4 Å². The number of unbranched alkanes of at least 4 members (excludes halogenated alkanes) is 2. The van der Waals surface area contributed by atoms with Gasteiger partial charge in [0, 0.05) is 0 Å². The van der Waals surface area contributed by atoms with Crippen molar-refractivity contribution in [2.24, 2.45) is 11.8 Å². The van der Waals surface area contributed by atoms with Crippen LogP contribution in [0, 0.1) is 11.8 Å². The maximum absolute atomic E-state index is 10.7. The van der Waals surface area contributed by atoms with E-state index in [1.54, 1.807) is 0 Å². The molecule has 0 aliphatic heterocycles. The van der Waals surface area contributed by atoms with E-state index in [4.69, 9.17) is 6.15 Å². The van der Waals surface area contributed by atoms with Crippen molar-refractivity contribution in [1.29, 1.82) is 0 Å². The van der Waals surface area contributed by atoms with Gasteiger partial charge in [-0.25, -0.2) is 0 Å². The summed E-state index contributed by atoms with van der Waals surface area (Å²) < 4.78 is 10.5. The van der Waals surface area contributed by atoms with Gasteiger partial charge in [-0.3, -0.25) is 9.59 Å². The van der Waals surface area contributed by atoms with Crippen molar-refractivity contribution in [2.75, 3.05) is 13.2 Å². The molecule has 180 valence electrons. The Labute approximate surface area is 198 Å². The molecule has 2 atom stereocenters. The molecule has 0 aromatic rings. The van der Waals surface area contributed by atoms with Crippen molar-refractivity contribution in [3.05, 3.63) is 0 Å². The average molecular weight is 551 g/mol. The number of carbonyl (C=O) groups excluding carboxylic acids is 4. The molecule has 0 saturated carbocycles. The minimum atomic E-state index is -1.24. The second-order valence-corrected chi connectivity index (χ2v) is 9.15. The molecule has 0 spiro atoms. The molecule has 0 aromatic heterocycles. The monoisotopic (exact) mass is 552 g/mol. The van der Waals surface area contributed by atoms with Crippen LogP contribution in [-0.2, 0) is 25.3 Å². The van der Waals surface area contributed by atoms with Crippen LogP contribution >= 0.6 is 0 Å². The molecule has 0 bridgehead atoms. The van der Waals surface area contributed by atoms with E-state index >= 15 is 0 Å². The molecule has 0 N–H and O–H groups in total. The van der Waals surface area contributed by atoms with Crippen molar-refractivity contribution >= 4 is 45.5 Å². The molecule has 0 aromatic carbocycles. The molecule has 2 unspecified atom stereocenters. The quantitative estimate of drug-likeness (QED) is 0.161. The number of carboxylic acids is 2. The Morgan fingerprint density at radius 2 is 1.00 bits per heavy atom. The number of carbonyl (C=O) groups is 4. The first-order valence-corrected chi connectivity index (χ1v) is 13.3. The molecule has 8 nitrogen and oxygen atoms in total. The normalized spacial score (nSPS) is 11.5. The van der Waals surface area contributed by atoms with Crippen LogP contribution in [0.3, 0.4) is 0 Å². The number of hydrogen-bond acceptors (Lipinski definition) is 8. The molecule has 0 heterocycles. The van der Waals surface area contributed by atoms with Crippen molar-refractivity contribution in [3.63, 3.8) is 0 Å². The van der Waals surface area contributed by atoms with Gasteiger partial charge < -0.3 is 19.8 Å². The Balaban J connectivity index is -0.000000382. The third kappa shape index (κ3) is 25.1. The number of aliphatic carboxylic acids is 2. The number of Topliss-reactive ketones (excluding diaryl/α,β-unsaturated/α-hetero) is 2. The van der Waals surface area contributed by atoms with Gasteiger partial charge in [0.2, 0.25) is 0 Å². The number of ketones is 2. The second kappa shape index (κ2) is 25.3. The van der Waals surface area contributed by atoms with Crippen LogP contribution in [0.25, 0.3) is 0 Å². The van der Waals surface area contributed by atoms with Crippen LogP contribution < -0.4 is 10.2 Å². The molecule has 0 fully saturated rings. The molecule has 0 saturated heterocycles. The van der Waals surface area contributed by atoms with Gasteiger partial charge >= 0.3 is 68.0 Å². The number of rotatable bonds is 16. The maximum atomic E-state index is 10.7. The summed E-state index contributed by atoms with van der Waals surface area (Å²) in [6, 6.07) is 0. The molecule has 9 heteroatoms. The average Bonchev–Trinajstić information content (AvgIpc) is 2.68. The fraction of sp³-hybridized carbons (Fsp3) is 0.818. The summed E-state index contributed by atoms with van der Waals surface area (Å²) in [6.07, 6.45) is 6.36. The van der Waals surface area contributed by atoms with Gasteiger partial charge in [0.1, 0.15) is 11.6 Å². The van der Waals surface area contributed by atoms with Crippen LogP contribution in [0.1, 0.15) is 92.9 Å². The molecule has 0 radical (unpaired) electrons. The Morgan fingerprint density at radius 1 is 0.677 bits per heavy atom. The first-order valence-electron chi connectivity index (χ1n) is 11.0. The summed E-state index contributed by atoms with van der Waals surface area (Å²) in [6.45, 7) is 12.5. The zero-order chi connectivity index (χ0) is 24.7. The van der Waals surface area contributed by atoms with E-state index in [1.165, 1.54) is 13.8 Å². The van der Waals surface area contributed by atoms with E-state index < -0.39 is 45.7 Å². The Kier molecular flexibility index (Phi) is 28.2. The van der Waals surface area contributed by atoms with Crippen LogP contribution in [0.15, 0.2) is 0 Å². The van der Waals surface area contributed by atoms with E-state index in [0.29, 0.717) is 12.8 Å². The van der Waals surface area contributed by atoms with Gasteiger partial charge in [-0.15, -0.1) is 0 Å². The molecular formula is C22H40O8Sn. The zero-order valence-electron chi connectivity index (χ0n) is 20.0. The predicted molar refractivity (Wildman–Crippen MR) is 116 cm³/mol. The van der Waals surface area contributed by atoms with Gasteiger partial charge in [-0.1, -0.05) is 39.5 Å². The van der Waals surface area contributed by atoms with E-state index in [2.05, 4.69) is 13.8 Å². The molecule has 0 aliphatic carbocycles. The third-order valence-electron chi connectivity index (χ3n) is 3.97. The topological polar surface area (TPSA) is 133 Å². The Hall–Kier alpha value is -1.00. The van der Waals surface area contributed by atoms with Gasteiger partial charge in [-0.2, -0.15) is 0 Å². The standard InChI is InChI=1S/2C8H14O3.2C3H7O.Sn/c2*1-3-4-5-7(6(2)9)8(10)11;2*1-2-3-4;/h2*7H,3-5H2,1-2H3,(H,10,11);2*2-3H2,1H3;/q;;2*-1;+4/p-2. The summed E-state index contributed by atoms with van der Waals surface area (Å²) in [5.74, 6) is -4.89. The van der Waals surface area contributed by atoms with E-state index in [0.717, 1.165) is 51.7 Å².